The highest BCUT2D eigenvalue weighted by Gasteiger charge is 2.16. The molecule has 8 heteroatoms. The molecule has 0 spiro atoms. The predicted molar refractivity (Wildman–Crippen MR) is 81.8 cm³/mol. The third kappa shape index (κ3) is 3.69. The number of anilines is 1. The van der Waals surface area contributed by atoms with E-state index in [0.29, 0.717) is 11.5 Å². The van der Waals surface area contributed by atoms with Crippen molar-refractivity contribution in [2.45, 2.75) is 18.4 Å². The summed E-state index contributed by atoms with van der Waals surface area (Å²) >= 11 is 5.95. The lowest BCUT2D eigenvalue weighted by molar-refractivity contribution is 0.580. The van der Waals surface area contributed by atoms with Gasteiger partial charge in [0, 0.05) is 19.4 Å². The molecule has 6 nitrogen and oxygen atoms in total. The van der Waals surface area contributed by atoms with Crippen molar-refractivity contribution in [3.05, 3.63) is 46.9 Å². The van der Waals surface area contributed by atoms with Crippen LogP contribution in [0.25, 0.3) is 0 Å². The molecule has 2 aromatic rings. The number of rotatable bonds is 5. The fourth-order valence-electron chi connectivity index (χ4n) is 1.70. The van der Waals surface area contributed by atoms with Crippen LogP contribution in [0.15, 0.2) is 35.5 Å². The van der Waals surface area contributed by atoms with Gasteiger partial charge in [-0.05, 0) is 24.6 Å². The van der Waals surface area contributed by atoms with E-state index >= 15 is 0 Å². The minimum absolute atomic E-state index is 0.0140. The highest BCUT2D eigenvalue weighted by molar-refractivity contribution is 7.89. The molecule has 2 rings (SSSR count). The van der Waals surface area contributed by atoms with Crippen LogP contribution < -0.4 is 10.0 Å². The van der Waals surface area contributed by atoms with Crippen molar-refractivity contribution in [3.63, 3.8) is 0 Å². The first-order chi connectivity index (χ1) is 9.94. The molecule has 0 fully saturated rings. The van der Waals surface area contributed by atoms with Gasteiger partial charge in [-0.1, -0.05) is 17.7 Å². The number of aryl methyl sites for hydroxylation is 1. The molecule has 0 bridgehead atoms. The van der Waals surface area contributed by atoms with Gasteiger partial charge in [0.25, 0.3) is 0 Å². The average Bonchev–Trinajstić information content (AvgIpc) is 2.46. The average molecular weight is 327 g/mol. The summed E-state index contributed by atoms with van der Waals surface area (Å²) in [6.45, 7) is 1.98. The number of nitrogens with one attached hydrogen (secondary N) is 2. The number of hydrogen-bond donors (Lipinski definition) is 2. The second kappa shape index (κ2) is 6.38. The summed E-state index contributed by atoms with van der Waals surface area (Å²) in [4.78, 5) is 8.11. The molecule has 2 aromatic heterocycles. The first-order valence-electron chi connectivity index (χ1n) is 6.17. The maximum absolute atomic E-state index is 12.2. The van der Waals surface area contributed by atoms with Crippen molar-refractivity contribution >= 4 is 27.4 Å². The number of aromatic nitrogens is 2. The van der Waals surface area contributed by atoms with Gasteiger partial charge in [0.1, 0.15) is 10.7 Å². The molecule has 0 amide bonds. The SMILES string of the molecule is CNc1ncc(S(=O)(=O)NCc2ncccc2C)cc1Cl. The zero-order chi connectivity index (χ0) is 15.5. The monoisotopic (exact) mass is 326 g/mol. The Labute approximate surface area is 128 Å². The zero-order valence-corrected chi connectivity index (χ0v) is 13.2. The maximum atomic E-state index is 12.2. The lowest BCUT2D eigenvalue weighted by Crippen LogP contribution is -2.24. The molecule has 21 heavy (non-hydrogen) atoms. The van der Waals surface area contributed by atoms with E-state index in [0.717, 1.165) is 5.56 Å². The molecule has 0 aromatic carbocycles. The van der Waals surface area contributed by atoms with Crippen LogP contribution in [0.2, 0.25) is 5.02 Å². The number of nitrogens with zero attached hydrogens (tertiary/aromatic N) is 2. The number of halogens is 1. The molecule has 112 valence electrons. The predicted octanol–water partition coefficient (Wildman–Crippen LogP) is 1.96. The summed E-state index contributed by atoms with van der Waals surface area (Å²) in [7, 11) is -2.03. The van der Waals surface area contributed by atoms with Crippen LogP contribution in [0.5, 0.6) is 0 Å². The van der Waals surface area contributed by atoms with Crippen molar-refractivity contribution in [2.24, 2.45) is 0 Å². The third-order valence-corrected chi connectivity index (χ3v) is 4.57. The highest BCUT2D eigenvalue weighted by Crippen LogP contribution is 2.22. The topological polar surface area (TPSA) is 84.0 Å². The largest absolute Gasteiger partial charge is 0.372 e. The molecule has 0 aliphatic rings. The van der Waals surface area contributed by atoms with Gasteiger partial charge in [0.2, 0.25) is 10.0 Å². The Morgan fingerprint density at radius 3 is 2.71 bits per heavy atom. The molecule has 0 aliphatic heterocycles. The molecular weight excluding hydrogens is 312 g/mol. The van der Waals surface area contributed by atoms with Crippen LogP contribution in [-0.2, 0) is 16.6 Å². The fourth-order valence-corrected chi connectivity index (χ4v) is 2.98. The molecule has 0 unspecified atom stereocenters. The van der Waals surface area contributed by atoms with E-state index in [1.54, 1.807) is 19.3 Å². The van der Waals surface area contributed by atoms with Gasteiger partial charge in [-0.25, -0.2) is 18.1 Å². The Morgan fingerprint density at radius 1 is 1.33 bits per heavy atom. The van der Waals surface area contributed by atoms with Crippen molar-refractivity contribution in [1.82, 2.24) is 14.7 Å². The van der Waals surface area contributed by atoms with E-state index in [1.165, 1.54) is 12.3 Å². The Morgan fingerprint density at radius 2 is 2.10 bits per heavy atom. The Hall–Kier alpha value is -1.70. The lowest BCUT2D eigenvalue weighted by atomic mass is 10.2. The van der Waals surface area contributed by atoms with Crippen LogP contribution in [0.1, 0.15) is 11.3 Å². The summed E-state index contributed by atoms with van der Waals surface area (Å²) in [5, 5.41) is 3.02. The van der Waals surface area contributed by atoms with Crippen LogP contribution in [0, 0.1) is 6.92 Å². The molecule has 0 saturated carbocycles. The number of sulfonamides is 1. The Balaban J connectivity index is 2.19. The first kappa shape index (κ1) is 15.7. The van der Waals surface area contributed by atoms with Gasteiger partial charge in [0.15, 0.2) is 0 Å². The van der Waals surface area contributed by atoms with Gasteiger partial charge >= 0.3 is 0 Å². The third-order valence-electron chi connectivity index (χ3n) is 2.91. The second-order valence-corrected chi connectivity index (χ2v) is 6.52. The molecule has 2 heterocycles. The van der Waals surface area contributed by atoms with E-state index in [2.05, 4.69) is 20.0 Å². The van der Waals surface area contributed by atoms with Crippen LogP contribution in [-0.4, -0.2) is 25.4 Å². The van der Waals surface area contributed by atoms with E-state index in [9.17, 15) is 8.42 Å². The van der Waals surface area contributed by atoms with E-state index in [-0.39, 0.29) is 16.5 Å². The highest BCUT2D eigenvalue weighted by atomic mass is 35.5. The minimum atomic E-state index is -3.69. The summed E-state index contributed by atoms with van der Waals surface area (Å²) in [6, 6.07) is 5.03. The smallest absolute Gasteiger partial charge is 0.242 e. The van der Waals surface area contributed by atoms with Crippen molar-refractivity contribution < 1.29 is 8.42 Å². The fraction of sp³-hybridized carbons (Fsp3) is 0.231. The van der Waals surface area contributed by atoms with Crippen molar-refractivity contribution in [3.8, 4) is 0 Å². The summed E-state index contributed by atoms with van der Waals surface area (Å²) in [5.41, 5.74) is 1.59. The van der Waals surface area contributed by atoms with Crippen LogP contribution in [0.3, 0.4) is 0 Å². The van der Waals surface area contributed by atoms with Gasteiger partial charge in [-0.15, -0.1) is 0 Å². The van der Waals surface area contributed by atoms with Gasteiger partial charge in [0.05, 0.1) is 17.3 Å². The molecular formula is C13H15ClN4O2S. The standard InChI is InChI=1S/C13H15ClN4O2S/c1-9-4-3-5-16-12(9)8-18-21(19,20)10-6-11(14)13(15-2)17-7-10/h3-7,18H,8H2,1-2H3,(H,15,17). The molecule has 0 aliphatic carbocycles. The minimum Gasteiger partial charge on any atom is -0.372 e. The van der Waals surface area contributed by atoms with Crippen LogP contribution >= 0.6 is 11.6 Å². The number of pyridine rings is 2. The van der Waals surface area contributed by atoms with E-state index in [1.807, 2.05) is 13.0 Å². The Bertz CT molecular complexity index is 750. The van der Waals surface area contributed by atoms with Crippen molar-refractivity contribution in [2.75, 3.05) is 12.4 Å². The molecule has 0 radical (unpaired) electrons. The van der Waals surface area contributed by atoms with Gasteiger partial charge < -0.3 is 5.32 Å². The molecule has 0 atom stereocenters. The van der Waals surface area contributed by atoms with Crippen molar-refractivity contribution in [1.29, 1.82) is 0 Å². The molecule has 2 N–H and O–H groups in total. The first-order valence-corrected chi connectivity index (χ1v) is 8.03. The van der Waals surface area contributed by atoms with E-state index < -0.39 is 10.0 Å². The normalized spacial score (nSPS) is 11.4. The van der Waals surface area contributed by atoms with Gasteiger partial charge in [-0.3, -0.25) is 4.98 Å². The van der Waals surface area contributed by atoms with E-state index in [4.69, 9.17) is 11.6 Å². The maximum Gasteiger partial charge on any atom is 0.242 e. The summed E-state index contributed by atoms with van der Waals surface area (Å²) in [5.74, 6) is 0.427. The summed E-state index contributed by atoms with van der Waals surface area (Å²) in [6.07, 6.45) is 2.88. The quantitative estimate of drug-likeness (QED) is 0.877. The second-order valence-electron chi connectivity index (χ2n) is 4.34. The van der Waals surface area contributed by atoms with Gasteiger partial charge in [-0.2, -0.15) is 0 Å². The Kier molecular flexibility index (Phi) is 4.76. The number of hydrogen-bond acceptors (Lipinski definition) is 5. The lowest BCUT2D eigenvalue weighted by Gasteiger charge is -2.09. The zero-order valence-electron chi connectivity index (χ0n) is 11.6. The van der Waals surface area contributed by atoms with Crippen LogP contribution in [0.4, 0.5) is 5.82 Å². The molecule has 0 saturated heterocycles. The summed E-state index contributed by atoms with van der Waals surface area (Å²) < 4.78 is 26.9.